The number of aliphatic hydroxyl groups excluding tert-OH is 1. The van der Waals surface area contributed by atoms with Gasteiger partial charge < -0.3 is 25.0 Å². The fraction of sp³-hybridized carbons (Fsp3) is 0.619. The molecule has 1 aromatic carbocycles. The first-order valence-electron chi connectivity index (χ1n) is 9.47. The van der Waals surface area contributed by atoms with Gasteiger partial charge in [0, 0.05) is 12.1 Å². The van der Waals surface area contributed by atoms with Crippen LogP contribution >= 0.6 is 0 Å². The molecule has 0 fully saturated rings. The van der Waals surface area contributed by atoms with Gasteiger partial charge in [0.2, 0.25) is 0 Å². The lowest BCUT2D eigenvalue weighted by Gasteiger charge is -2.23. The fourth-order valence-electron chi connectivity index (χ4n) is 1.76. The summed E-state index contributed by atoms with van der Waals surface area (Å²) >= 11 is 0. The molecule has 0 aliphatic rings. The molecule has 3 N–H and O–H groups in total. The van der Waals surface area contributed by atoms with Gasteiger partial charge >= 0.3 is 11.9 Å². The number of hydrogen-bond acceptors (Lipinski definition) is 6. The van der Waals surface area contributed by atoms with Crippen LogP contribution in [0, 0.1) is 5.92 Å². The van der Waals surface area contributed by atoms with E-state index < -0.39 is 12.1 Å². The van der Waals surface area contributed by atoms with E-state index in [4.69, 9.17) is 14.6 Å². The van der Waals surface area contributed by atoms with Crippen molar-refractivity contribution in [3.05, 3.63) is 29.8 Å². The van der Waals surface area contributed by atoms with E-state index in [1.807, 2.05) is 32.9 Å². The third kappa shape index (κ3) is 14.0. The quantitative estimate of drug-likeness (QED) is 0.550. The van der Waals surface area contributed by atoms with E-state index in [0.29, 0.717) is 18.9 Å². The van der Waals surface area contributed by atoms with Gasteiger partial charge in [-0.25, -0.2) is 0 Å². The van der Waals surface area contributed by atoms with E-state index >= 15 is 0 Å². The van der Waals surface area contributed by atoms with E-state index in [1.54, 1.807) is 32.9 Å². The Hall–Kier alpha value is -2.12. The number of esters is 1. The number of carbonyl (C=O) groups excluding carboxylic acids is 1. The van der Waals surface area contributed by atoms with Crippen molar-refractivity contribution in [1.29, 1.82) is 0 Å². The zero-order valence-corrected chi connectivity index (χ0v) is 17.8. The largest absolute Gasteiger partial charge is 0.491 e. The molecule has 1 rings (SSSR count). The number of benzene rings is 1. The van der Waals surface area contributed by atoms with Gasteiger partial charge in [-0.05, 0) is 45.4 Å². The van der Waals surface area contributed by atoms with Crippen molar-refractivity contribution in [1.82, 2.24) is 5.32 Å². The predicted octanol–water partition coefficient (Wildman–Crippen LogP) is 2.65. The predicted molar refractivity (Wildman–Crippen MR) is 109 cm³/mol. The highest BCUT2D eigenvalue weighted by molar-refractivity contribution is 5.72. The number of rotatable bonds is 9. The summed E-state index contributed by atoms with van der Waals surface area (Å²) < 4.78 is 10.4. The molecule has 0 saturated heterocycles. The second kappa shape index (κ2) is 13.1. The third-order valence-electron chi connectivity index (χ3n) is 3.38. The third-order valence-corrected chi connectivity index (χ3v) is 3.38. The summed E-state index contributed by atoms with van der Waals surface area (Å²) in [6.07, 6.45) is -0.315. The molecule has 7 heteroatoms. The van der Waals surface area contributed by atoms with E-state index in [0.717, 1.165) is 5.56 Å². The number of carbonyl (C=O) groups is 2. The standard InChI is InChI=1S/C17H27NO4.C4H8O2/c1-5-21-16(20)10-13-6-8-15(9-7-13)22-12-14(19)11-18-17(2,3)4;1-3(2)4(5)6/h6-9,14,18-19H,5,10-12H2,1-4H3;3H,1-2H3,(H,5,6). The van der Waals surface area contributed by atoms with Gasteiger partial charge in [0.25, 0.3) is 0 Å². The maximum Gasteiger partial charge on any atom is 0.310 e. The second-order valence-electron chi connectivity index (χ2n) is 7.71. The molecule has 0 amide bonds. The summed E-state index contributed by atoms with van der Waals surface area (Å²) in [4.78, 5) is 21.1. The highest BCUT2D eigenvalue weighted by Crippen LogP contribution is 2.13. The molecule has 0 spiro atoms. The molecule has 1 atom stereocenters. The molecule has 7 nitrogen and oxygen atoms in total. The molecule has 0 radical (unpaired) electrons. The Labute approximate surface area is 168 Å². The van der Waals surface area contributed by atoms with Crippen LogP contribution in [0.15, 0.2) is 24.3 Å². The van der Waals surface area contributed by atoms with Gasteiger partial charge in [-0.3, -0.25) is 9.59 Å². The van der Waals surface area contributed by atoms with Gasteiger partial charge in [0.15, 0.2) is 0 Å². The summed E-state index contributed by atoms with van der Waals surface area (Å²) in [6, 6.07) is 7.23. The number of ether oxygens (including phenoxy) is 2. The zero-order valence-electron chi connectivity index (χ0n) is 17.8. The van der Waals surface area contributed by atoms with Gasteiger partial charge in [-0.2, -0.15) is 0 Å². The van der Waals surface area contributed by atoms with E-state index in [9.17, 15) is 14.7 Å². The summed E-state index contributed by atoms with van der Waals surface area (Å²) in [6.45, 7) is 12.3. The van der Waals surface area contributed by atoms with Crippen LogP contribution in [0.3, 0.4) is 0 Å². The van der Waals surface area contributed by atoms with Crippen LogP contribution < -0.4 is 10.1 Å². The molecule has 0 bridgehead atoms. The molecule has 0 heterocycles. The Morgan fingerprint density at radius 2 is 1.68 bits per heavy atom. The maximum absolute atomic E-state index is 11.4. The lowest BCUT2D eigenvalue weighted by molar-refractivity contribution is -0.142. The van der Waals surface area contributed by atoms with Crippen molar-refractivity contribution < 1.29 is 29.3 Å². The minimum Gasteiger partial charge on any atom is -0.491 e. The van der Waals surface area contributed by atoms with Crippen LogP contribution in [-0.2, 0) is 20.7 Å². The summed E-state index contributed by atoms with van der Waals surface area (Å²) in [7, 11) is 0. The van der Waals surface area contributed by atoms with E-state index in [1.165, 1.54) is 0 Å². The Morgan fingerprint density at radius 3 is 2.11 bits per heavy atom. The second-order valence-corrected chi connectivity index (χ2v) is 7.71. The van der Waals surface area contributed by atoms with Crippen LogP contribution in [0.25, 0.3) is 0 Å². The van der Waals surface area contributed by atoms with Gasteiger partial charge in [0.1, 0.15) is 18.5 Å². The first-order valence-corrected chi connectivity index (χ1v) is 9.47. The first-order chi connectivity index (χ1) is 12.9. The Bertz CT molecular complexity index is 578. The molecule has 1 unspecified atom stereocenters. The normalized spacial score (nSPS) is 12.0. The molecule has 1 aromatic rings. The SMILES string of the molecule is CC(C)C(=O)O.CCOC(=O)Cc1ccc(OCC(O)CNC(C)(C)C)cc1. The minimum absolute atomic E-state index is 0.0320. The van der Waals surface area contributed by atoms with Crippen molar-refractivity contribution in [2.75, 3.05) is 19.8 Å². The summed E-state index contributed by atoms with van der Waals surface area (Å²) in [5, 5.41) is 21.1. The van der Waals surface area contributed by atoms with Crippen LogP contribution in [0.5, 0.6) is 5.75 Å². The van der Waals surface area contributed by atoms with E-state index in [-0.39, 0.29) is 30.5 Å². The number of carboxylic acid groups (broad SMARTS) is 1. The number of nitrogens with one attached hydrogen (secondary N) is 1. The van der Waals surface area contributed by atoms with Crippen molar-refractivity contribution in [2.45, 2.75) is 59.6 Å². The molecule has 0 aliphatic carbocycles. The van der Waals surface area contributed by atoms with Gasteiger partial charge in [-0.1, -0.05) is 26.0 Å². The van der Waals surface area contributed by atoms with Crippen molar-refractivity contribution in [3.63, 3.8) is 0 Å². The molecular weight excluding hydrogens is 362 g/mol. The summed E-state index contributed by atoms with van der Waals surface area (Å²) in [5.74, 6) is -0.540. The van der Waals surface area contributed by atoms with Crippen LogP contribution in [0.4, 0.5) is 0 Å². The molecular formula is C21H35NO6. The average molecular weight is 398 g/mol. The Kier molecular flexibility index (Phi) is 12.1. The van der Waals surface area contributed by atoms with Crippen LogP contribution in [0.2, 0.25) is 0 Å². The molecule has 0 saturated carbocycles. The Balaban J connectivity index is 0.00000105. The highest BCUT2D eigenvalue weighted by Gasteiger charge is 2.12. The molecule has 28 heavy (non-hydrogen) atoms. The van der Waals surface area contributed by atoms with Crippen LogP contribution in [-0.4, -0.2) is 53.6 Å². The summed E-state index contributed by atoms with van der Waals surface area (Å²) in [5.41, 5.74) is 0.844. The molecule has 160 valence electrons. The lowest BCUT2D eigenvalue weighted by atomic mass is 10.1. The maximum atomic E-state index is 11.4. The number of aliphatic hydroxyl groups is 1. The van der Waals surface area contributed by atoms with Crippen molar-refractivity contribution in [3.8, 4) is 5.75 Å². The number of β-amino-alcohol motifs (C(OH)–C–C–N with tert-alkyl or cyclic N) is 1. The van der Waals surface area contributed by atoms with E-state index in [2.05, 4.69) is 5.32 Å². The smallest absolute Gasteiger partial charge is 0.310 e. The zero-order chi connectivity index (χ0) is 21.7. The van der Waals surface area contributed by atoms with Gasteiger partial charge in [0.05, 0.1) is 18.9 Å². The number of carboxylic acids is 1. The van der Waals surface area contributed by atoms with Gasteiger partial charge in [-0.15, -0.1) is 0 Å². The van der Waals surface area contributed by atoms with Crippen molar-refractivity contribution in [2.24, 2.45) is 5.92 Å². The first kappa shape index (κ1) is 25.9. The number of aliphatic carboxylic acids is 1. The van der Waals surface area contributed by atoms with Crippen molar-refractivity contribution >= 4 is 11.9 Å². The lowest BCUT2D eigenvalue weighted by Crippen LogP contribution is -2.42. The monoisotopic (exact) mass is 397 g/mol. The highest BCUT2D eigenvalue weighted by atomic mass is 16.5. The number of hydrogen-bond donors (Lipinski definition) is 3. The topological polar surface area (TPSA) is 105 Å². The average Bonchev–Trinajstić information content (AvgIpc) is 2.59. The fourth-order valence-corrected chi connectivity index (χ4v) is 1.76. The minimum atomic E-state index is -0.741. The molecule has 0 aliphatic heterocycles. The molecule has 0 aromatic heterocycles. The Morgan fingerprint density at radius 1 is 1.14 bits per heavy atom. The van der Waals surface area contributed by atoms with Crippen LogP contribution in [0.1, 0.15) is 47.1 Å².